The topological polar surface area (TPSA) is 47.3 Å². The highest BCUT2D eigenvalue weighted by Crippen LogP contribution is 2.28. The summed E-state index contributed by atoms with van der Waals surface area (Å²) in [6.45, 7) is 0.971. The fourth-order valence-corrected chi connectivity index (χ4v) is 5.46. The van der Waals surface area contributed by atoms with Crippen LogP contribution in [0.15, 0.2) is 0 Å². The maximum absolute atomic E-state index is 5.69. The first-order valence-corrected chi connectivity index (χ1v) is 8.87. The van der Waals surface area contributed by atoms with Crippen molar-refractivity contribution in [2.24, 2.45) is 5.84 Å². The molecule has 3 N–H and O–H groups in total. The number of nitrogens with two attached hydrogens (primary N) is 1. The second kappa shape index (κ2) is 7.89. The first kappa shape index (κ1) is 14.0. The second-order valence-electron chi connectivity index (χ2n) is 4.82. The van der Waals surface area contributed by atoms with E-state index in [9.17, 15) is 0 Å². The number of hydrogen-bond donors (Lipinski definition) is 2. The molecule has 3 atom stereocenters. The van der Waals surface area contributed by atoms with Crippen molar-refractivity contribution >= 4 is 23.5 Å². The molecule has 2 aliphatic heterocycles. The van der Waals surface area contributed by atoms with Gasteiger partial charge in [-0.2, -0.15) is 23.5 Å². The molecule has 5 heteroatoms. The maximum Gasteiger partial charge on any atom is 0.0576 e. The van der Waals surface area contributed by atoms with Crippen LogP contribution in [-0.4, -0.2) is 41.3 Å². The van der Waals surface area contributed by atoms with E-state index >= 15 is 0 Å². The minimum Gasteiger partial charge on any atom is -0.378 e. The Labute approximate surface area is 113 Å². The van der Waals surface area contributed by atoms with Crippen molar-refractivity contribution in [1.82, 2.24) is 5.43 Å². The van der Waals surface area contributed by atoms with Gasteiger partial charge in [-0.15, -0.1) is 0 Å². The largest absolute Gasteiger partial charge is 0.378 e. The summed E-state index contributed by atoms with van der Waals surface area (Å²) >= 11 is 4.15. The van der Waals surface area contributed by atoms with Crippen LogP contribution in [0.3, 0.4) is 0 Å². The van der Waals surface area contributed by atoms with Crippen molar-refractivity contribution in [1.29, 1.82) is 0 Å². The molecule has 0 radical (unpaired) electrons. The summed E-state index contributed by atoms with van der Waals surface area (Å²) in [4.78, 5) is 0. The third-order valence-electron chi connectivity index (χ3n) is 3.57. The summed E-state index contributed by atoms with van der Waals surface area (Å²) in [5.41, 5.74) is 3.02. The van der Waals surface area contributed by atoms with E-state index in [-0.39, 0.29) is 0 Å². The van der Waals surface area contributed by atoms with Crippen LogP contribution in [0.5, 0.6) is 0 Å². The molecule has 3 unspecified atom stereocenters. The predicted molar refractivity (Wildman–Crippen MR) is 77.5 cm³/mol. The van der Waals surface area contributed by atoms with Gasteiger partial charge < -0.3 is 4.74 Å². The van der Waals surface area contributed by atoms with Gasteiger partial charge in [-0.3, -0.25) is 11.3 Å². The molecule has 2 saturated heterocycles. The van der Waals surface area contributed by atoms with Gasteiger partial charge in [0, 0.05) is 35.2 Å². The smallest absolute Gasteiger partial charge is 0.0576 e. The van der Waals surface area contributed by atoms with E-state index in [1.54, 1.807) is 0 Å². The molecule has 2 aliphatic rings. The van der Waals surface area contributed by atoms with E-state index in [1.165, 1.54) is 49.4 Å². The van der Waals surface area contributed by atoms with Crippen LogP contribution in [0, 0.1) is 0 Å². The molecule has 0 aromatic carbocycles. The van der Waals surface area contributed by atoms with E-state index in [0.29, 0.717) is 17.4 Å². The third-order valence-corrected chi connectivity index (χ3v) is 6.49. The van der Waals surface area contributed by atoms with E-state index in [4.69, 9.17) is 10.6 Å². The quantitative estimate of drug-likeness (QED) is 0.574. The lowest BCUT2D eigenvalue weighted by Crippen LogP contribution is -2.44. The van der Waals surface area contributed by atoms with Gasteiger partial charge in [0.15, 0.2) is 0 Å². The number of nitrogens with one attached hydrogen (secondary N) is 1. The Morgan fingerprint density at radius 3 is 3.00 bits per heavy atom. The van der Waals surface area contributed by atoms with Gasteiger partial charge in [0.05, 0.1) is 6.10 Å². The van der Waals surface area contributed by atoms with Crippen molar-refractivity contribution in [3.05, 3.63) is 0 Å². The van der Waals surface area contributed by atoms with Crippen LogP contribution in [0.25, 0.3) is 0 Å². The predicted octanol–water partition coefficient (Wildman–Crippen LogP) is 2.02. The first-order valence-electron chi connectivity index (χ1n) is 6.67. The maximum atomic E-state index is 5.69. The average Bonchev–Trinajstić information content (AvgIpc) is 2.89. The minimum absolute atomic E-state index is 0.481. The molecule has 17 heavy (non-hydrogen) atoms. The highest BCUT2D eigenvalue weighted by atomic mass is 32.2. The highest BCUT2D eigenvalue weighted by molar-refractivity contribution is 8.06. The molecule has 2 fully saturated rings. The lowest BCUT2D eigenvalue weighted by atomic mass is 10.0. The molecule has 0 saturated carbocycles. The Hall–Kier alpha value is 0.580. The molecule has 2 rings (SSSR count). The van der Waals surface area contributed by atoms with Crippen molar-refractivity contribution in [2.75, 3.05) is 23.9 Å². The standard InChI is InChI=1S/C12H24N2OS2/c13-14-11(12-9-16-7-8-17-12)5-1-3-10-4-2-6-15-10/h10-12,14H,1-9,13H2. The Bertz CT molecular complexity index is 207. The molecule has 0 bridgehead atoms. The lowest BCUT2D eigenvalue weighted by molar-refractivity contribution is 0.101. The lowest BCUT2D eigenvalue weighted by Gasteiger charge is -2.29. The SMILES string of the molecule is NNC(CCCC1CCCO1)C1CSCCS1. The number of hydrogen-bond acceptors (Lipinski definition) is 5. The van der Waals surface area contributed by atoms with Gasteiger partial charge in [-0.1, -0.05) is 0 Å². The summed E-state index contributed by atoms with van der Waals surface area (Å²) in [6, 6.07) is 0.481. The Balaban J connectivity index is 1.63. The molecule has 2 heterocycles. The number of hydrazine groups is 1. The molecular weight excluding hydrogens is 252 g/mol. The van der Waals surface area contributed by atoms with Crippen molar-refractivity contribution in [3.63, 3.8) is 0 Å². The third kappa shape index (κ3) is 4.63. The zero-order valence-electron chi connectivity index (χ0n) is 10.4. The summed E-state index contributed by atoms with van der Waals surface area (Å²) in [5, 5.41) is 0.697. The molecule has 0 spiro atoms. The van der Waals surface area contributed by atoms with Crippen LogP contribution in [0.1, 0.15) is 32.1 Å². The van der Waals surface area contributed by atoms with Crippen molar-refractivity contribution < 1.29 is 4.74 Å². The molecule has 0 aromatic heterocycles. The first-order chi connectivity index (χ1) is 8.40. The Morgan fingerprint density at radius 1 is 1.41 bits per heavy atom. The fourth-order valence-electron chi connectivity index (χ4n) is 2.55. The summed E-state index contributed by atoms with van der Waals surface area (Å²) in [7, 11) is 0. The zero-order valence-corrected chi connectivity index (χ0v) is 12.0. The van der Waals surface area contributed by atoms with Gasteiger partial charge in [0.2, 0.25) is 0 Å². The van der Waals surface area contributed by atoms with E-state index in [1.807, 2.05) is 0 Å². The minimum atomic E-state index is 0.481. The van der Waals surface area contributed by atoms with Gasteiger partial charge >= 0.3 is 0 Å². The highest BCUT2D eigenvalue weighted by Gasteiger charge is 2.24. The number of rotatable bonds is 6. The molecule has 100 valence electrons. The summed E-state index contributed by atoms with van der Waals surface area (Å²) in [5.74, 6) is 9.52. The Morgan fingerprint density at radius 2 is 2.35 bits per heavy atom. The molecule has 0 aromatic rings. The van der Waals surface area contributed by atoms with Gasteiger partial charge in [0.1, 0.15) is 0 Å². The van der Waals surface area contributed by atoms with Crippen molar-refractivity contribution in [2.45, 2.75) is 49.5 Å². The molecule has 0 amide bonds. The Kier molecular flexibility index (Phi) is 6.50. The van der Waals surface area contributed by atoms with Crippen LogP contribution in [0.2, 0.25) is 0 Å². The van der Waals surface area contributed by atoms with Crippen LogP contribution in [-0.2, 0) is 4.74 Å². The van der Waals surface area contributed by atoms with Crippen molar-refractivity contribution in [3.8, 4) is 0 Å². The van der Waals surface area contributed by atoms with Gasteiger partial charge in [0.25, 0.3) is 0 Å². The normalized spacial score (nSPS) is 31.6. The summed E-state index contributed by atoms with van der Waals surface area (Å²) < 4.78 is 5.65. The molecule has 0 aliphatic carbocycles. The monoisotopic (exact) mass is 276 g/mol. The van der Waals surface area contributed by atoms with E-state index < -0.39 is 0 Å². The van der Waals surface area contributed by atoms with E-state index in [0.717, 1.165) is 6.61 Å². The molecule has 3 nitrogen and oxygen atoms in total. The van der Waals surface area contributed by atoms with Crippen LogP contribution < -0.4 is 11.3 Å². The average molecular weight is 276 g/mol. The summed E-state index contributed by atoms with van der Waals surface area (Å²) in [6.07, 6.45) is 6.67. The van der Waals surface area contributed by atoms with Gasteiger partial charge in [-0.25, -0.2) is 0 Å². The fraction of sp³-hybridized carbons (Fsp3) is 1.00. The van der Waals surface area contributed by atoms with Crippen LogP contribution in [0.4, 0.5) is 0 Å². The van der Waals surface area contributed by atoms with Gasteiger partial charge in [-0.05, 0) is 32.1 Å². The van der Waals surface area contributed by atoms with Crippen LogP contribution >= 0.6 is 23.5 Å². The zero-order chi connectivity index (χ0) is 11.9. The molecular formula is C12H24N2OS2. The van der Waals surface area contributed by atoms with E-state index in [2.05, 4.69) is 28.9 Å². The number of ether oxygens (including phenoxy) is 1. The number of thioether (sulfide) groups is 2. The second-order valence-corrected chi connectivity index (χ2v) is 7.32.